The summed E-state index contributed by atoms with van der Waals surface area (Å²) in [6.45, 7) is 1.96. The van der Waals surface area contributed by atoms with Crippen LogP contribution >= 0.6 is 22.1 Å². The first kappa shape index (κ1) is 31.1. The van der Waals surface area contributed by atoms with Crippen molar-refractivity contribution in [3.8, 4) is 11.5 Å². The number of ether oxygens (including phenoxy) is 1. The van der Waals surface area contributed by atoms with Crippen molar-refractivity contribution in [3.63, 3.8) is 0 Å². The first-order valence-electron chi connectivity index (χ1n) is 15.5. The van der Waals surface area contributed by atoms with Gasteiger partial charge in [-0.2, -0.15) is 0 Å². The topological polar surface area (TPSA) is 60.4 Å². The Hall–Kier alpha value is -4.14. The average molecular weight is 699 g/mol. The summed E-state index contributed by atoms with van der Waals surface area (Å²) >= 11 is 0. The summed E-state index contributed by atoms with van der Waals surface area (Å²) in [5.41, 5.74) is 1.57. The second-order valence-electron chi connectivity index (χ2n) is 12.4. The molecule has 2 heterocycles. The molecule has 4 nitrogen and oxygen atoms in total. The number of hydrogen-bond acceptors (Lipinski definition) is 4. The van der Waals surface area contributed by atoms with E-state index in [0.717, 1.165) is 23.3 Å². The van der Waals surface area contributed by atoms with Crippen molar-refractivity contribution < 1.29 is 31.6 Å². The molecule has 3 aliphatic rings. The maximum Gasteiger partial charge on any atom is 0.178 e. The van der Waals surface area contributed by atoms with Crippen LogP contribution in [-0.2, 0) is 20.1 Å². The highest BCUT2D eigenvalue weighted by Gasteiger charge is 2.45. The molecule has 240 valence electrons. The number of benzene rings is 5. The van der Waals surface area contributed by atoms with Crippen LogP contribution in [0.1, 0.15) is 12.5 Å². The second kappa shape index (κ2) is 11.5. The molecule has 0 N–H and O–H groups in total. The van der Waals surface area contributed by atoms with Crippen molar-refractivity contribution in [3.05, 3.63) is 150 Å². The third-order valence-electron chi connectivity index (χ3n) is 9.51. The van der Waals surface area contributed by atoms with E-state index in [1.807, 2.05) is 19.1 Å². The Kier molecular flexibility index (Phi) is 7.45. The fourth-order valence-electron chi connectivity index (χ4n) is 7.14. The molecule has 0 radical (unpaired) electrons. The Balaban J connectivity index is 1.14. The number of allylic oxidation sites excluding steroid dienone is 4. The lowest BCUT2D eigenvalue weighted by Gasteiger charge is -2.39. The Morgan fingerprint density at radius 3 is 1.79 bits per heavy atom. The molecule has 0 fully saturated rings. The van der Waals surface area contributed by atoms with Crippen LogP contribution in [0.25, 0.3) is 0 Å². The Morgan fingerprint density at radius 2 is 1.21 bits per heavy atom. The summed E-state index contributed by atoms with van der Waals surface area (Å²) in [7, 11) is -9.64. The maximum atomic E-state index is 15.1. The Bertz CT molecular complexity index is 2280. The molecule has 0 bridgehead atoms. The molecule has 0 aromatic heterocycles. The van der Waals surface area contributed by atoms with E-state index in [1.165, 1.54) is 36.4 Å². The second-order valence-corrected chi connectivity index (χ2v) is 19.8. The lowest BCUT2D eigenvalue weighted by atomic mass is 9.90. The number of halogens is 3. The first-order valence-corrected chi connectivity index (χ1v) is 20.3. The van der Waals surface area contributed by atoms with E-state index in [9.17, 15) is 22.3 Å². The SMILES string of the molecule is CC1=CC2C(C=C1)Cc1ccc(F)cc1P2(=O)c1ccc([PH](=O)c2ccc(P3(=O)c4cc(F)ccc4Oc4ccc(F)cc43)cc2)cc1. The van der Waals surface area contributed by atoms with Crippen LogP contribution in [0.15, 0.2) is 127 Å². The zero-order valence-corrected chi connectivity index (χ0v) is 28.4. The van der Waals surface area contributed by atoms with Crippen molar-refractivity contribution in [1.29, 1.82) is 0 Å². The van der Waals surface area contributed by atoms with Gasteiger partial charge in [-0.3, -0.25) is 0 Å². The van der Waals surface area contributed by atoms with E-state index in [1.54, 1.807) is 54.6 Å². The molecule has 5 aromatic rings. The fourth-order valence-corrected chi connectivity index (χ4v) is 14.9. The molecule has 0 amide bonds. The van der Waals surface area contributed by atoms with Crippen molar-refractivity contribution >= 4 is 59.2 Å². The van der Waals surface area contributed by atoms with Gasteiger partial charge in [-0.1, -0.05) is 78.4 Å². The van der Waals surface area contributed by atoms with Crippen LogP contribution in [0.5, 0.6) is 11.5 Å². The molecule has 0 spiro atoms. The lowest BCUT2D eigenvalue weighted by molar-refractivity contribution is 0.481. The number of hydrogen-bond donors (Lipinski definition) is 0. The Labute approximate surface area is 276 Å². The quantitative estimate of drug-likeness (QED) is 0.192. The lowest BCUT2D eigenvalue weighted by Crippen LogP contribution is -2.38. The summed E-state index contributed by atoms with van der Waals surface area (Å²) in [5.74, 6) is -1.18. The summed E-state index contributed by atoms with van der Waals surface area (Å²) in [6.07, 6.45) is 6.83. The van der Waals surface area contributed by atoms with Crippen LogP contribution in [0.3, 0.4) is 0 Å². The minimum absolute atomic E-state index is 0.0182. The van der Waals surface area contributed by atoms with Gasteiger partial charge in [0.15, 0.2) is 14.3 Å². The minimum Gasteiger partial charge on any atom is -0.456 e. The molecule has 4 atom stereocenters. The summed E-state index contributed by atoms with van der Waals surface area (Å²) in [4.78, 5) is 0. The molecule has 2 aliphatic heterocycles. The average Bonchev–Trinajstić information content (AvgIpc) is 3.09. The van der Waals surface area contributed by atoms with Crippen molar-refractivity contribution in [2.45, 2.75) is 19.0 Å². The van der Waals surface area contributed by atoms with Gasteiger partial charge in [-0.15, -0.1) is 0 Å². The Morgan fingerprint density at radius 1 is 0.688 bits per heavy atom. The molecule has 4 unspecified atom stereocenters. The van der Waals surface area contributed by atoms with Gasteiger partial charge in [0, 0.05) is 32.2 Å². The van der Waals surface area contributed by atoms with E-state index < -0.39 is 39.5 Å². The van der Waals surface area contributed by atoms with E-state index in [0.29, 0.717) is 32.9 Å². The highest BCUT2D eigenvalue weighted by Crippen LogP contribution is 2.57. The van der Waals surface area contributed by atoms with E-state index >= 15 is 4.57 Å². The predicted molar refractivity (Wildman–Crippen MR) is 188 cm³/mol. The van der Waals surface area contributed by atoms with Crippen molar-refractivity contribution in [2.24, 2.45) is 5.92 Å². The normalized spacial score (nSPS) is 22.3. The van der Waals surface area contributed by atoms with Gasteiger partial charge in [-0.25, -0.2) is 13.2 Å². The predicted octanol–water partition coefficient (Wildman–Crippen LogP) is 6.73. The monoisotopic (exact) mass is 698 g/mol. The van der Waals surface area contributed by atoms with Crippen LogP contribution < -0.4 is 41.9 Å². The van der Waals surface area contributed by atoms with E-state index in [4.69, 9.17) is 4.74 Å². The summed E-state index contributed by atoms with van der Waals surface area (Å²) < 4.78 is 93.0. The van der Waals surface area contributed by atoms with Gasteiger partial charge in [0.05, 0.1) is 10.6 Å². The zero-order chi connectivity index (χ0) is 33.4. The number of fused-ring (bicyclic) bond motifs is 4. The largest absolute Gasteiger partial charge is 0.456 e. The maximum absolute atomic E-state index is 15.1. The number of rotatable bonds is 4. The third kappa shape index (κ3) is 4.86. The van der Waals surface area contributed by atoms with E-state index in [-0.39, 0.29) is 33.7 Å². The molecule has 8 rings (SSSR count). The highest BCUT2D eigenvalue weighted by molar-refractivity contribution is 7.85. The molecule has 48 heavy (non-hydrogen) atoms. The molecular weight excluding hydrogens is 670 g/mol. The van der Waals surface area contributed by atoms with Crippen LogP contribution in [0, 0.1) is 23.4 Å². The van der Waals surface area contributed by atoms with E-state index in [2.05, 4.69) is 6.08 Å². The van der Waals surface area contributed by atoms with Crippen LogP contribution in [0.2, 0.25) is 0 Å². The van der Waals surface area contributed by atoms with Gasteiger partial charge < -0.3 is 18.4 Å². The van der Waals surface area contributed by atoms with Gasteiger partial charge in [0.2, 0.25) is 0 Å². The van der Waals surface area contributed by atoms with Crippen molar-refractivity contribution in [2.75, 3.05) is 0 Å². The zero-order valence-electron chi connectivity index (χ0n) is 25.6. The minimum atomic E-state index is -3.76. The first-order chi connectivity index (χ1) is 23.0. The van der Waals surface area contributed by atoms with Gasteiger partial charge in [-0.05, 0) is 73.4 Å². The van der Waals surface area contributed by atoms with Crippen molar-refractivity contribution in [1.82, 2.24) is 0 Å². The molecule has 5 aromatic carbocycles. The van der Waals surface area contributed by atoms with Crippen LogP contribution in [-0.4, -0.2) is 5.66 Å². The smallest absolute Gasteiger partial charge is 0.178 e. The molecular formula is C38H28F3O4P3. The van der Waals surface area contributed by atoms with Gasteiger partial charge in [0.1, 0.15) is 36.8 Å². The molecule has 0 saturated carbocycles. The summed E-state index contributed by atoms with van der Waals surface area (Å²) in [6, 6.07) is 25.3. The molecule has 0 saturated heterocycles. The molecule has 10 heteroatoms. The summed E-state index contributed by atoms with van der Waals surface area (Å²) in [5, 5.41) is 2.69. The standard InChI is InChI=1S/C38H28F3O4P3/c1-23-2-3-24-19-25-4-5-26(39)20-36(25)47(43,35(24)18-23)31-12-8-29(9-13-31)46(42)30-10-14-32(15-11-30)48(44)37-21-27(40)6-16-33(37)45-34-17-7-28(41)22-38(34)48/h2-18,20-22,24,35,46H,19H2,1H3. The van der Waals surface area contributed by atoms with Gasteiger partial charge in [0.25, 0.3) is 0 Å². The molecule has 1 aliphatic carbocycles. The van der Waals surface area contributed by atoms with Crippen LogP contribution in [0.4, 0.5) is 13.2 Å². The van der Waals surface area contributed by atoms with Gasteiger partial charge >= 0.3 is 0 Å². The fraction of sp³-hybridized carbons (Fsp3) is 0.105. The highest BCUT2D eigenvalue weighted by atomic mass is 31.2. The third-order valence-corrected chi connectivity index (χ3v) is 17.9.